The normalized spacial score (nSPS) is 18.2. The summed E-state index contributed by atoms with van der Waals surface area (Å²) in [6.45, 7) is 3.77. The molecule has 5 rings (SSSR count). The van der Waals surface area contributed by atoms with Gasteiger partial charge in [-0.15, -0.1) is 0 Å². The number of rotatable bonds is 1. The van der Waals surface area contributed by atoms with Gasteiger partial charge in [0.25, 0.3) is 5.91 Å². The number of amides is 1. The largest absolute Gasteiger partial charge is 0.474 e. The fourth-order valence-corrected chi connectivity index (χ4v) is 4.34. The predicted octanol–water partition coefficient (Wildman–Crippen LogP) is 3.83. The van der Waals surface area contributed by atoms with Gasteiger partial charge in [0.05, 0.1) is 27.8 Å². The highest BCUT2D eigenvalue weighted by Gasteiger charge is 2.33. The lowest BCUT2D eigenvalue weighted by molar-refractivity contribution is 0.0664. The van der Waals surface area contributed by atoms with Crippen molar-refractivity contribution in [1.29, 1.82) is 0 Å². The second-order valence-electron chi connectivity index (χ2n) is 6.91. The number of ether oxygens (including phenoxy) is 1. The minimum absolute atomic E-state index is 0.138. The Morgan fingerprint density at radius 3 is 3.07 bits per heavy atom. The van der Waals surface area contributed by atoms with E-state index in [9.17, 15) is 4.79 Å². The van der Waals surface area contributed by atoms with Crippen LogP contribution < -0.4 is 10.1 Å². The smallest absolute Gasteiger partial charge is 0.292 e. The van der Waals surface area contributed by atoms with Crippen molar-refractivity contribution in [3.05, 3.63) is 45.5 Å². The van der Waals surface area contributed by atoms with Crippen molar-refractivity contribution < 1.29 is 9.53 Å². The average molecular weight is 418 g/mol. The van der Waals surface area contributed by atoms with Crippen LogP contribution in [0.5, 0.6) is 5.88 Å². The van der Waals surface area contributed by atoms with Crippen LogP contribution in [0.15, 0.2) is 18.3 Å². The molecule has 2 N–H and O–H groups in total. The molecule has 7 nitrogen and oxygen atoms in total. The molecule has 1 aromatic carbocycles. The van der Waals surface area contributed by atoms with E-state index in [0.717, 1.165) is 22.2 Å². The van der Waals surface area contributed by atoms with Gasteiger partial charge < -0.3 is 19.9 Å². The molecule has 0 saturated heterocycles. The van der Waals surface area contributed by atoms with E-state index in [-0.39, 0.29) is 17.8 Å². The Labute approximate surface area is 171 Å². The molecule has 0 fully saturated rings. The molecule has 2 aliphatic rings. The van der Waals surface area contributed by atoms with Crippen molar-refractivity contribution in [3.63, 3.8) is 0 Å². The van der Waals surface area contributed by atoms with Crippen LogP contribution in [0.1, 0.15) is 34.8 Å². The minimum atomic E-state index is -0.218. The number of carbonyl (C=O) groups is 1. The van der Waals surface area contributed by atoms with Crippen molar-refractivity contribution in [2.45, 2.75) is 19.4 Å². The second-order valence-corrected chi connectivity index (χ2v) is 7.70. The van der Waals surface area contributed by atoms with Crippen LogP contribution in [0.3, 0.4) is 0 Å². The maximum absolute atomic E-state index is 13.2. The zero-order chi connectivity index (χ0) is 19.4. The van der Waals surface area contributed by atoms with Crippen LogP contribution in [0.25, 0.3) is 10.9 Å². The highest BCUT2D eigenvalue weighted by Crippen LogP contribution is 2.40. The Kier molecular flexibility index (Phi) is 4.10. The van der Waals surface area contributed by atoms with E-state index in [1.165, 1.54) is 0 Å². The third-order valence-electron chi connectivity index (χ3n) is 5.34. The molecule has 0 radical (unpaired) electrons. The first-order valence-electron chi connectivity index (χ1n) is 9.07. The molecule has 0 bridgehead atoms. The molecular formula is C19H17Cl2N5O2. The number of benzene rings is 1. The summed E-state index contributed by atoms with van der Waals surface area (Å²) in [6, 6.07) is 3.57. The zero-order valence-electron chi connectivity index (χ0n) is 15.1. The molecule has 1 amide bonds. The monoisotopic (exact) mass is 417 g/mol. The van der Waals surface area contributed by atoms with Gasteiger partial charge in [-0.3, -0.25) is 4.79 Å². The third kappa shape index (κ3) is 2.61. The van der Waals surface area contributed by atoms with Gasteiger partial charge in [0.2, 0.25) is 11.7 Å². The van der Waals surface area contributed by atoms with Gasteiger partial charge in [-0.1, -0.05) is 29.3 Å². The van der Waals surface area contributed by atoms with Gasteiger partial charge in [0.1, 0.15) is 12.3 Å². The molecule has 2 aliphatic heterocycles. The molecule has 0 aliphatic carbocycles. The first-order chi connectivity index (χ1) is 13.5. The number of nitrogens with zero attached hydrogens (tertiary/aromatic N) is 3. The third-order valence-corrected chi connectivity index (χ3v) is 6.14. The van der Waals surface area contributed by atoms with Crippen LogP contribution in [0, 0.1) is 0 Å². The fraction of sp³-hybridized carbons (Fsp3) is 0.316. The minimum Gasteiger partial charge on any atom is -0.474 e. The van der Waals surface area contributed by atoms with Gasteiger partial charge >= 0.3 is 0 Å². The van der Waals surface area contributed by atoms with Crippen LogP contribution in [0.4, 0.5) is 5.69 Å². The molecule has 2 aromatic heterocycles. The summed E-state index contributed by atoms with van der Waals surface area (Å²) in [7, 11) is 0. The first kappa shape index (κ1) is 17.6. The lowest BCUT2D eigenvalue weighted by Crippen LogP contribution is -2.39. The molecular weight excluding hydrogens is 401 g/mol. The first-order valence-corrected chi connectivity index (χ1v) is 9.83. The van der Waals surface area contributed by atoms with Crippen molar-refractivity contribution >= 4 is 45.7 Å². The van der Waals surface area contributed by atoms with E-state index in [0.29, 0.717) is 47.7 Å². The predicted molar refractivity (Wildman–Crippen MR) is 107 cm³/mol. The number of anilines is 1. The number of aromatic nitrogens is 3. The number of hydrogen-bond acceptors (Lipinski definition) is 5. The van der Waals surface area contributed by atoms with Crippen molar-refractivity contribution in [1.82, 2.24) is 19.9 Å². The molecule has 1 unspecified atom stereocenters. The molecule has 0 saturated carbocycles. The highest BCUT2D eigenvalue weighted by atomic mass is 35.5. The van der Waals surface area contributed by atoms with Gasteiger partial charge in [-0.2, -0.15) is 4.98 Å². The second kappa shape index (κ2) is 6.53. The highest BCUT2D eigenvalue weighted by molar-refractivity contribution is 6.45. The van der Waals surface area contributed by atoms with E-state index >= 15 is 0 Å². The van der Waals surface area contributed by atoms with Crippen LogP contribution in [-0.2, 0) is 6.42 Å². The van der Waals surface area contributed by atoms with Gasteiger partial charge in [0.15, 0.2) is 0 Å². The lowest BCUT2D eigenvalue weighted by Gasteiger charge is -2.33. The van der Waals surface area contributed by atoms with E-state index in [2.05, 4.69) is 20.3 Å². The van der Waals surface area contributed by atoms with Gasteiger partial charge in [-0.25, -0.2) is 4.98 Å². The number of carbonyl (C=O) groups excluding carboxylic acids is 1. The van der Waals surface area contributed by atoms with Gasteiger partial charge in [-0.05, 0) is 13.0 Å². The van der Waals surface area contributed by atoms with Gasteiger partial charge in [0, 0.05) is 36.2 Å². The number of nitrogens with one attached hydrogen (secondary N) is 2. The molecule has 0 spiro atoms. The Hall–Kier alpha value is -2.51. The number of hydrogen-bond donors (Lipinski definition) is 2. The number of fused-ring (bicyclic) bond motifs is 4. The summed E-state index contributed by atoms with van der Waals surface area (Å²) in [5, 5.41) is 5.14. The van der Waals surface area contributed by atoms with Crippen molar-refractivity contribution in [2.24, 2.45) is 0 Å². The lowest BCUT2D eigenvalue weighted by atomic mass is 9.97. The summed E-state index contributed by atoms with van der Waals surface area (Å²) in [4.78, 5) is 26.9. The Balaban J connectivity index is 1.52. The summed E-state index contributed by atoms with van der Waals surface area (Å²) in [5.41, 5.74) is 3.66. The summed E-state index contributed by atoms with van der Waals surface area (Å²) in [5.74, 6) is 0.340. The molecule has 9 heteroatoms. The SMILES string of the molecule is CC1c2c([nH]c3c(Cl)c(Cl)ccc23)CCN1C(=O)c1ncc2c(n1)OCCN2. The van der Waals surface area contributed by atoms with Crippen LogP contribution in [-0.4, -0.2) is 45.5 Å². The van der Waals surface area contributed by atoms with E-state index in [1.54, 1.807) is 17.2 Å². The summed E-state index contributed by atoms with van der Waals surface area (Å²) < 4.78 is 5.54. The molecule has 3 aromatic rings. The number of H-pyrrole nitrogens is 1. The maximum Gasteiger partial charge on any atom is 0.292 e. The Morgan fingerprint density at radius 1 is 1.36 bits per heavy atom. The zero-order valence-corrected chi connectivity index (χ0v) is 16.6. The summed E-state index contributed by atoms with van der Waals surface area (Å²) >= 11 is 12.5. The topological polar surface area (TPSA) is 83.1 Å². The average Bonchev–Trinajstić information content (AvgIpc) is 3.10. The summed E-state index contributed by atoms with van der Waals surface area (Å²) in [6.07, 6.45) is 2.29. The molecule has 1 atom stereocenters. The van der Waals surface area contributed by atoms with E-state index in [4.69, 9.17) is 27.9 Å². The standard InChI is InChI=1S/C19H17Cl2N5O2/c1-9-14-10-2-3-11(20)15(21)16(10)24-12(14)4-6-26(9)19(27)17-23-8-13-18(25-17)28-7-5-22-13/h2-3,8-9,22,24H,4-7H2,1H3. The van der Waals surface area contributed by atoms with Crippen molar-refractivity contribution in [3.8, 4) is 5.88 Å². The van der Waals surface area contributed by atoms with Crippen LogP contribution in [0.2, 0.25) is 10.0 Å². The van der Waals surface area contributed by atoms with E-state index < -0.39 is 0 Å². The molecule has 28 heavy (non-hydrogen) atoms. The van der Waals surface area contributed by atoms with Crippen molar-refractivity contribution in [2.75, 3.05) is 25.0 Å². The number of halogens is 2. The molecule has 4 heterocycles. The fourth-order valence-electron chi connectivity index (χ4n) is 3.97. The Bertz CT molecular complexity index is 1110. The number of aromatic amines is 1. The quantitative estimate of drug-likeness (QED) is 0.628. The molecule has 144 valence electrons. The maximum atomic E-state index is 13.2. The Morgan fingerprint density at radius 2 is 2.21 bits per heavy atom. The van der Waals surface area contributed by atoms with E-state index in [1.807, 2.05) is 13.0 Å². The van der Waals surface area contributed by atoms with Crippen LogP contribution >= 0.6 is 23.2 Å².